The van der Waals surface area contributed by atoms with E-state index in [1.165, 1.54) is 6.26 Å². The molecule has 1 unspecified atom stereocenters. The highest BCUT2D eigenvalue weighted by Crippen LogP contribution is 2.18. The minimum atomic E-state index is -1.16. The molecule has 0 aromatic heterocycles. The predicted octanol–water partition coefficient (Wildman–Crippen LogP) is 1.22. The molecular formula is C10H18N2O3S. The number of ether oxygens (including phenoxy) is 1. The van der Waals surface area contributed by atoms with Crippen LogP contribution in [-0.2, 0) is 16.1 Å². The minimum absolute atomic E-state index is 0.205. The van der Waals surface area contributed by atoms with Crippen molar-refractivity contribution in [1.29, 1.82) is 0 Å². The summed E-state index contributed by atoms with van der Waals surface area (Å²) in [6.45, 7) is 6.70. The highest BCUT2D eigenvalue weighted by atomic mass is 32.2. The molecule has 16 heavy (non-hydrogen) atoms. The molecule has 0 aliphatic carbocycles. The van der Waals surface area contributed by atoms with Gasteiger partial charge in [0, 0.05) is 19.0 Å². The Morgan fingerprint density at radius 2 is 2.12 bits per heavy atom. The van der Waals surface area contributed by atoms with E-state index >= 15 is 0 Å². The first-order valence-corrected chi connectivity index (χ1v) is 6.65. The molecule has 1 amide bonds. The number of carbonyl (C=O) groups excluding carboxylic acids is 1. The van der Waals surface area contributed by atoms with Crippen molar-refractivity contribution < 1.29 is 14.1 Å². The van der Waals surface area contributed by atoms with Crippen LogP contribution in [0.5, 0.6) is 0 Å². The van der Waals surface area contributed by atoms with Crippen LogP contribution in [0.25, 0.3) is 0 Å². The van der Waals surface area contributed by atoms with Crippen molar-refractivity contribution in [3.8, 4) is 0 Å². The van der Waals surface area contributed by atoms with Crippen molar-refractivity contribution in [1.82, 2.24) is 4.90 Å². The van der Waals surface area contributed by atoms with Gasteiger partial charge >= 0.3 is 6.09 Å². The summed E-state index contributed by atoms with van der Waals surface area (Å²) in [6.07, 6.45) is 2.87. The Balaban J connectivity index is 2.28. The van der Waals surface area contributed by atoms with Crippen LogP contribution in [-0.4, -0.2) is 46.7 Å². The van der Waals surface area contributed by atoms with Crippen molar-refractivity contribution in [2.45, 2.75) is 26.4 Å². The quantitative estimate of drug-likeness (QED) is 0.543. The molecule has 6 heteroatoms. The Bertz CT molecular complexity index is 280. The number of carbonyl (C=O) groups is 1. The van der Waals surface area contributed by atoms with Crippen LogP contribution >= 0.6 is 0 Å². The molecule has 0 bridgehead atoms. The molecule has 1 aliphatic heterocycles. The molecule has 0 aromatic rings. The zero-order chi connectivity index (χ0) is 12.3. The Morgan fingerprint density at radius 3 is 2.56 bits per heavy atom. The van der Waals surface area contributed by atoms with Gasteiger partial charge < -0.3 is 14.2 Å². The number of amides is 1. The Hall–Kier alpha value is -0.750. The molecule has 0 aromatic carbocycles. The van der Waals surface area contributed by atoms with Crippen molar-refractivity contribution in [3.63, 3.8) is 0 Å². The molecule has 1 rings (SSSR count). The van der Waals surface area contributed by atoms with E-state index in [1.807, 2.05) is 20.8 Å². The van der Waals surface area contributed by atoms with Crippen LogP contribution in [0, 0.1) is 5.92 Å². The summed E-state index contributed by atoms with van der Waals surface area (Å²) in [5, 5.41) is 0. The lowest BCUT2D eigenvalue weighted by molar-refractivity contribution is 0.00740. The van der Waals surface area contributed by atoms with Gasteiger partial charge in [0.05, 0.1) is 17.6 Å². The Kier molecular flexibility index (Phi) is 4.21. The molecule has 0 N–H and O–H groups in total. The fourth-order valence-electron chi connectivity index (χ4n) is 1.25. The molecule has 1 aliphatic rings. The van der Waals surface area contributed by atoms with Gasteiger partial charge in [-0.3, -0.25) is 0 Å². The summed E-state index contributed by atoms with van der Waals surface area (Å²) in [6, 6.07) is 0. The molecular weight excluding hydrogens is 228 g/mol. The van der Waals surface area contributed by atoms with Gasteiger partial charge in [-0.15, -0.1) is 0 Å². The van der Waals surface area contributed by atoms with Crippen molar-refractivity contribution in [2.75, 3.05) is 19.3 Å². The first-order valence-electron chi connectivity index (χ1n) is 5.13. The van der Waals surface area contributed by atoms with Crippen molar-refractivity contribution in [3.05, 3.63) is 0 Å². The molecule has 1 fully saturated rings. The molecule has 1 saturated heterocycles. The Labute approximate surface area is 99.2 Å². The summed E-state index contributed by atoms with van der Waals surface area (Å²) in [5.41, 5.74) is -0.457. The third-order valence-electron chi connectivity index (χ3n) is 1.98. The second-order valence-corrected chi connectivity index (χ2v) is 5.88. The van der Waals surface area contributed by atoms with Gasteiger partial charge in [-0.1, -0.05) is 4.40 Å². The molecule has 1 atom stereocenters. The topological polar surface area (TPSA) is 65.0 Å². The van der Waals surface area contributed by atoms with Gasteiger partial charge in [-0.05, 0) is 20.8 Å². The molecule has 1 heterocycles. The highest BCUT2D eigenvalue weighted by Gasteiger charge is 2.33. The van der Waals surface area contributed by atoms with E-state index in [-0.39, 0.29) is 12.0 Å². The summed E-state index contributed by atoms with van der Waals surface area (Å²) < 4.78 is 19.7. The summed E-state index contributed by atoms with van der Waals surface area (Å²) in [7, 11) is 0. The van der Waals surface area contributed by atoms with Crippen LogP contribution in [0.3, 0.4) is 0 Å². The molecule has 0 radical (unpaired) electrons. The van der Waals surface area contributed by atoms with Crippen LogP contribution in [0.15, 0.2) is 4.40 Å². The summed E-state index contributed by atoms with van der Waals surface area (Å²) in [4.78, 5) is 13.1. The average Bonchev–Trinajstić information content (AvgIpc) is 1.96. The van der Waals surface area contributed by atoms with E-state index in [2.05, 4.69) is 4.40 Å². The maximum absolute atomic E-state index is 11.5. The van der Waals surface area contributed by atoms with Gasteiger partial charge in [0.25, 0.3) is 0 Å². The fourth-order valence-corrected chi connectivity index (χ4v) is 1.60. The fraction of sp³-hybridized carbons (Fsp3) is 0.800. The molecule has 5 nitrogen and oxygen atoms in total. The predicted molar refractivity (Wildman–Crippen MR) is 63.9 cm³/mol. The zero-order valence-corrected chi connectivity index (χ0v) is 10.9. The maximum Gasteiger partial charge on any atom is 0.410 e. The monoisotopic (exact) mass is 246 g/mol. The van der Waals surface area contributed by atoms with Gasteiger partial charge in [0.15, 0.2) is 0 Å². The second-order valence-electron chi connectivity index (χ2n) is 4.82. The highest BCUT2D eigenvalue weighted by molar-refractivity contribution is 7.89. The standard InChI is InChI=1S/C10H18N2O3S/c1-10(2,3)15-9(13)12-6-8(7-12)5-11-16(4)14/h5,8H,6-7H2,1-4H3. The van der Waals surface area contributed by atoms with Crippen molar-refractivity contribution >= 4 is 23.7 Å². The van der Waals surface area contributed by atoms with E-state index < -0.39 is 17.0 Å². The van der Waals surface area contributed by atoms with Gasteiger partial charge in [-0.25, -0.2) is 4.79 Å². The molecule has 0 spiro atoms. The lowest BCUT2D eigenvalue weighted by Gasteiger charge is -2.37. The number of rotatable bonds is 2. The van der Waals surface area contributed by atoms with Crippen LogP contribution < -0.4 is 0 Å². The normalized spacial score (nSPS) is 19.7. The largest absolute Gasteiger partial charge is 0.592 e. The number of nitrogens with zero attached hydrogens (tertiary/aromatic N) is 2. The minimum Gasteiger partial charge on any atom is -0.592 e. The van der Waals surface area contributed by atoms with Crippen LogP contribution in [0.1, 0.15) is 20.8 Å². The first kappa shape index (κ1) is 13.3. The van der Waals surface area contributed by atoms with E-state index in [0.717, 1.165) is 0 Å². The van der Waals surface area contributed by atoms with E-state index in [0.29, 0.717) is 13.1 Å². The smallest absolute Gasteiger partial charge is 0.410 e. The number of hydrogen-bond donors (Lipinski definition) is 0. The SMILES string of the molecule is C[S+]([O-])N=CC1CN(C(=O)OC(C)(C)C)C1. The number of hydrogen-bond acceptors (Lipinski definition) is 4. The summed E-state index contributed by atoms with van der Waals surface area (Å²) in [5.74, 6) is 0.205. The zero-order valence-electron chi connectivity index (χ0n) is 10.1. The number of likely N-dealkylation sites (tertiary alicyclic amines) is 1. The summed E-state index contributed by atoms with van der Waals surface area (Å²) >= 11 is -1.16. The van der Waals surface area contributed by atoms with Crippen LogP contribution in [0.2, 0.25) is 0 Å². The van der Waals surface area contributed by atoms with Gasteiger partial charge in [0.2, 0.25) is 0 Å². The molecule has 92 valence electrons. The van der Waals surface area contributed by atoms with Gasteiger partial charge in [0.1, 0.15) is 11.9 Å². The van der Waals surface area contributed by atoms with E-state index in [1.54, 1.807) is 11.1 Å². The third kappa shape index (κ3) is 4.40. The van der Waals surface area contributed by atoms with E-state index in [4.69, 9.17) is 4.74 Å². The van der Waals surface area contributed by atoms with Crippen molar-refractivity contribution in [2.24, 2.45) is 10.3 Å². The van der Waals surface area contributed by atoms with E-state index in [9.17, 15) is 9.35 Å². The second kappa shape index (κ2) is 5.05. The third-order valence-corrected chi connectivity index (χ3v) is 2.40. The first-order chi connectivity index (χ1) is 7.28. The van der Waals surface area contributed by atoms with Crippen LogP contribution in [0.4, 0.5) is 4.79 Å². The molecule has 0 saturated carbocycles. The lowest BCUT2D eigenvalue weighted by atomic mass is 10.0. The average molecular weight is 246 g/mol. The Morgan fingerprint density at radius 1 is 1.56 bits per heavy atom. The van der Waals surface area contributed by atoms with Gasteiger partial charge in [-0.2, -0.15) is 0 Å². The lowest BCUT2D eigenvalue weighted by Crippen LogP contribution is -2.52. The maximum atomic E-state index is 11.5.